The summed E-state index contributed by atoms with van der Waals surface area (Å²) in [6, 6.07) is 6.32. The lowest BCUT2D eigenvalue weighted by atomic mass is 10.1. The number of aromatic nitrogens is 2. The maximum atomic E-state index is 12.8. The van der Waals surface area contributed by atoms with Gasteiger partial charge in [-0.15, -0.1) is 0 Å². The van der Waals surface area contributed by atoms with Gasteiger partial charge in [0.25, 0.3) is 5.91 Å². The number of alkyl halides is 3. The first-order valence-corrected chi connectivity index (χ1v) is 5.77. The van der Waals surface area contributed by atoms with Gasteiger partial charge in [0.05, 0.1) is 11.3 Å². The molecule has 0 saturated carbocycles. The number of amides is 1. The minimum atomic E-state index is -4.52. The molecule has 0 fully saturated rings. The second-order valence-corrected chi connectivity index (χ2v) is 4.29. The van der Waals surface area contributed by atoms with E-state index in [1.165, 1.54) is 28.9 Å². The molecule has 4 nitrogen and oxygen atoms in total. The average molecular weight is 283 g/mol. The number of benzene rings is 1. The van der Waals surface area contributed by atoms with E-state index in [9.17, 15) is 18.0 Å². The van der Waals surface area contributed by atoms with Crippen LogP contribution in [0, 0.1) is 6.92 Å². The maximum Gasteiger partial charge on any atom is 0.418 e. The summed E-state index contributed by atoms with van der Waals surface area (Å²) in [5.74, 6) is -0.676. The number of nitrogens with one attached hydrogen (secondary N) is 1. The molecule has 0 atom stereocenters. The molecule has 1 aromatic heterocycles. The SMILES string of the molecule is Cc1cc(C(=O)Nc2ccccc2C(F)(F)F)nn1C. The summed E-state index contributed by atoms with van der Waals surface area (Å²) in [7, 11) is 1.65. The van der Waals surface area contributed by atoms with E-state index in [0.717, 1.165) is 11.8 Å². The highest BCUT2D eigenvalue weighted by Gasteiger charge is 2.33. The normalized spacial score (nSPS) is 11.4. The van der Waals surface area contributed by atoms with Crippen molar-refractivity contribution in [1.29, 1.82) is 0 Å². The molecule has 1 heterocycles. The van der Waals surface area contributed by atoms with Crippen LogP contribution in [0.5, 0.6) is 0 Å². The Kier molecular flexibility index (Phi) is 3.52. The molecular formula is C13H12F3N3O. The summed E-state index contributed by atoms with van der Waals surface area (Å²) in [6.07, 6.45) is -4.52. The molecule has 0 aliphatic heterocycles. The van der Waals surface area contributed by atoms with Gasteiger partial charge in [0.2, 0.25) is 0 Å². The van der Waals surface area contributed by atoms with Crippen molar-refractivity contribution in [3.05, 3.63) is 47.3 Å². The number of rotatable bonds is 2. The van der Waals surface area contributed by atoms with E-state index < -0.39 is 17.6 Å². The Morgan fingerprint density at radius 3 is 2.50 bits per heavy atom. The monoisotopic (exact) mass is 283 g/mol. The molecular weight excluding hydrogens is 271 g/mol. The number of carbonyl (C=O) groups is 1. The molecule has 0 aliphatic carbocycles. The first kappa shape index (κ1) is 14.1. The first-order chi connectivity index (χ1) is 9.29. The lowest BCUT2D eigenvalue weighted by molar-refractivity contribution is -0.136. The highest BCUT2D eigenvalue weighted by atomic mass is 19.4. The minimum absolute atomic E-state index is 0.0713. The number of halogens is 3. The summed E-state index contributed by atoms with van der Waals surface area (Å²) in [4.78, 5) is 11.9. The smallest absolute Gasteiger partial charge is 0.320 e. The standard InChI is InChI=1S/C13H12F3N3O/c1-8-7-11(18-19(8)2)12(20)17-10-6-4-3-5-9(10)13(14,15)16/h3-7H,1-2H3,(H,17,20). The van der Waals surface area contributed by atoms with Crippen molar-refractivity contribution in [3.63, 3.8) is 0 Å². The number of hydrogen-bond donors (Lipinski definition) is 1. The van der Waals surface area contributed by atoms with Crippen molar-refractivity contribution in [2.75, 3.05) is 5.32 Å². The quantitative estimate of drug-likeness (QED) is 0.921. The van der Waals surface area contributed by atoms with Crippen molar-refractivity contribution in [2.45, 2.75) is 13.1 Å². The maximum absolute atomic E-state index is 12.8. The van der Waals surface area contributed by atoms with E-state index in [2.05, 4.69) is 10.4 Å². The van der Waals surface area contributed by atoms with Crippen LogP contribution in [0.3, 0.4) is 0 Å². The third kappa shape index (κ3) is 2.81. The number of nitrogens with zero attached hydrogens (tertiary/aromatic N) is 2. The molecule has 0 saturated heterocycles. The van der Waals surface area contributed by atoms with Gasteiger partial charge in [-0.2, -0.15) is 18.3 Å². The molecule has 0 radical (unpaired) electrons. The van der Waals surface area contributed by atoms with Gasteiger partial charge < -0.3 is 5.32 Å². The average Bonchev–Trinajstić information content (AvgIpc) is 2.69. The summed E-state index contributed by atoms with van der Waals surface area (Å²) in [5.41, 5.74) is -0.365. The predicted octanol–water partition coefficient (Wildman–Crippen LogP) is 3.00. The zero-order chi connectivity index (χ0) is 14.9. The van der Waals surface area contributed by atoms with Crippen LogP contribution in [0.1, 0.15) is 21.7 Å². The Balaban J connectivity index is 2.29. The van der Waals surface area contributed by atoms with E-state index in [-0.39, 0.29) is 11.4 Å². The van der Waals surface area contributed by atoms with E-state index in [1.54, 1.807) is 14.0 Å². The fourth-order valence-corrected chi connectivity index (χ4v) is 1.70. The predicted molar refractivity (Wildman–Crippen MR) is 67.3 cm³/mol. The van der Waals surface area contributed by atoms with Crippen molar-refractivity contribution in [1.82, 2.24) is 9.78 Å². The molecule has 0 spiro atoms. The second kappa shape index (κ2) is 4.99. The van der Waals surface area contributed by atoms with E-state index in [4.69, 9.17) is 0 Å². The van der Waals surface area contributed by atoms with Crippen LogP contribution in [0.15, 0.2) is 30.3 Å². The van der Waals surface area contributed by atoms with Crippen molar-refractivity contribution in [3.8, 4) is 0 Å². The van der Waals surface area contributed by atoms with Crippen LogP contribution in [0.2, 0.25) is 0 Å². The number of aryl methyl sites for hydroxylation is 2. The molecule has 0 unspecified atom stereocenters. The van der Waals surface area contributed by atoms with Gasteiger partial charge in [0.15, 0.2) is 5.69 Å². The van der Waals surface area contributed by atoms with E-state index in [1.807, 2.05) is 0 Å². The van der Waals surface area contributed by atoms with Gasteiger partial charge in [-0.05, 0) is 25.1 Å². The van der Waals surface area contributed by atoms with Gasteiger partial charge in [0, 0.05) is 12.7 Å². The van der Waals surface area contributed by atoms with Gasteiger partial charge in [-0.1, -0.05) is 12.1 Å². The third-order valence-electron chi connectivity index (χ3n) is 2.83. The number of para-hydroxylation sites is 1. The molecule has 7 heteroatoms. The summed E-state index contributed by atoms with van der Waals surface area (Å²) < 4.78 is 39.9. The van der Waals surface area contributed by atoms with Crippen LogP contribution in [0.25, 0.3) is 0 Å². The number of anilines is 1. The molecule has 1 aromatic carbocycles. The fourth-order valence-electron chi connectivity index (χ4n) is 1.70. The Morgan fingerprint density at radius 2 is 1.95 bits per heavy atom. The second-order valence-electron chi connectivity index (χ2n) is 4.29. The molecule has 106 valence electrons. The summed E-state index contributed by atoms with van der Waals surface area (Å²) in [6.45, 7) is 1.74. The summed E-state index contributed by atoms with van der Waals surface area (Å²) >= 11 is 0. The van der Waals surface area contributed by atoms with Crippen molar-refractivity contribution < 1.29 is 18.0 Å². The third-order valence-corrected chi connectivity index (χ3v) is 2.83. The largest absolute Gasteiger partial charge is 0.418 e. The molecule has 20 heavy (non-hydrogen) atoms. The van der Waals surface area contributed by atoms with Gasteiger partial charge in [0.1, 0.15) is 0 Å². The molecule has 1 amide bonds. The van der Waals surface area contributed by atoms with Crippen LogP contribution < -0.4 is 5.32 Å². The van der Waals surface area contributed by atoms with Crippen LogP contribution in [-0.4, -0.2) is 15.7 Å². The van der Waals surface area contributed by atoms with E-state index >= 15 is 0 Å². The molecule has 0 aliphatic rings. The minimum Gasteiger partial charge on any atom is -0.320 e. The van der Waals surface area contributed by atoms with Gasteiger partial charge in [-0.3, -0.25) is 9.48 Å². The first-order valence-electron chi connectivity index (χ1n) is 5.77. The van der Waals surface area contributed by atoms with Gasteiger partial charge in [-0.25, -0.2) is 0 Å². The topological polar surface area (TPSA) is 46.9 Å². The highest BCUT2D eigenvalue weighted by molar-refractivity contribution is 6.03. The Labute approximate surface area is 113 Å². The Morgan fingerprint density at radius 1 is 1.30 bits per heavy atom. The Bertz CT molecular complexity index is 627. The summed E-state index contributed by atoms with van der Waals surface area (Å²) in [5, 5.41) is 6.16. The lowest BCUT2D eigenvalue weighted by Crippen LogP contribution is -2.17. The Hall–Kier alpha value is -2.31. The van der Waals surface area contributed by atoms with Crippen LogP contribution >= 0.6 is 0 Å². The van der Waals surface area contributed by atoms with Crippen molar-refractivity contribution in [2.24, 2.45) is 7.05 Å². The zero-order valence-corrected chi connectivity index (χ0v) is 10.8. The number of hydrogen-bond acceptors (Lipinski definition) is 2. The van der Waals surface area contributed by atoms with Crippen molar-refractivity contribution >= 4 is 11.6 Å². The fraction of sp³-hybridized carbons (Fsp3) is 0.231. The molecule has 2 aromatic rings. The van der Waals surface area contributed by atoms with E-state index in [0.29, 0.717) is 0 Å². The van der Waals surface area contributed by atoms with Crippen LogP contribution in [-0.2, 0) is 13.2 Å². The molecule has 1 N–H and O–H groups in total. The van der Waals surface area contributed by atoms with Gasteiger partial charge >= 0.3 is 6.18 Å². The number of carbonyl (C=O) groups excluding carboxylic acids is 1. The molecule has 2 rings (SSSR count). The zero-order valence-electron chi connectivity index (χ0n) is 10.8. The highest BCUT2D eigenvalue weighted by Crippen LogP contribution is 2.34. The van der Waals surface area contributed by atoms with Crippen LogP contribution in [0.4, 0.5) is 18.9 Å². The lowest BCUT2D eigenvalue weighted by Gasteiger charge is -2.12. The molecule has 0 bridgehead atoms.